The van der Waals surface area contributed by atoms with E-state index in [0.717, 1.165) is 18.2 Å². The first kappa shape index (κ1) is 26.3. The molecule has 32 heavy (non-hydrogen) atoms. The molecule has 0 aliphatic carbocycles. The molecule has 0 fully saturated rings. The maximum absolute atomic E-state index is 14.5. The molecule has 3 nitrogen and oxygen atoms in total. The number of alkyl halides is 9. The van der Waals surface area contributed by atoms with Gasteiger partial charge in [0.25, 0.3) is 5.91 Å². The summed E-state index contributed by atoms with van der Waals surface area (Å²) in [6, 6.07) is 3.03. The standard InChI is InChI=1S/C19H17ClF9NO2/c1-3-4-7-30-13(31)11-6-5-10(20)8-12(11)15(2,14(30)32)9-16(21,22)17(23,24)18(25,26)19(27,28)29/h5-6,8H,3-4,7,9H2,1-2H3. The number of carbonyl (C=O) groups is 2. The number of amides is 2. The monoisotopic (exact) mass is 497 g/mol. The van der Waals surface area contributed by atoms with Gasteiger partial charge in [0.05, 0.1) is 5.41 Å². The van der Waals surface area contributed by atoms with Crippen LogP contribution in [0.2, 0.25) is 5.02 Å². The Morgan fingerprint density at radius 3 is 2.03 bits per heavy atom. The zero-order chi connectivity index (χ0) is 24.9. The fraction of sp³-hybridized carbons (Fsp3) is 0.579. The Kier molecular flexibility index (Phi) is 6.65. The molecule has 0 aromatic heterocycles. The molecule has 0 spiro atoms. The minimum Gasteiger partial charge on any atom is -0.278 e. The van der Waals surface area contributed by atoms with E-state index in [-0.39, 0.29) is 23.6 Å². The molecule has 1 aliphatic heterocycles. The molecule has 13 heteroatoms. The topological polar surface area (TPSA) is 37.4 Å². The molecular formula is C19H17ClF9NO2. The summed E-state index contributed by atoms with van der Waals surface area (Å²) in [5.41, 5.74) is -3.70. The van der Waals surface area contributed by atoms with Crippen LogP contribution in [0.3, 0.4) is 0 Å². The molecule has 1 aromatic rings. The van der Waals surface area contributed by atoms with Gasteiger partial charge in [-0.15, -0.1) is 0 Å². The van der Waals surface area contributed by atoms with Crippen molar-refractivity contribution < 1.29 is 49.1 Å². The van der Waals surface area contributed by atoms with E-state index in [0.29, 0.717) is 18.2 Å². The van der Waals surface area contributed by atoms with E-state index in [1.165, 1.54) is 0 Å². The van der Waals surface area contributed by atoms with Crippen molar-refractivity contribution in [1.82, 2.24) is 4.90 Å². The Morgan fingerprint density at radius 1 is 0.969 bits per heavy atom. The molecule has 1 atom stereocenters. The fourth-order valence-electron chi connectivity index (χ4n) is 3.46. The Bertz CT molecular complexity index is 917. The van der Waals surface area contributed by atoms with Gasteiger partial charge in [-0.1, -0.05) is 24.9 Å². The second-order valence-electron chi connectivity index (χ2n) is 7.67. The van der Waals surface area contributed by atoms with Crippen LogP contribution in [0.1, 0.15) is 49.0 Å². The smallest absolute Gasteiger partial charge is 0.278 e. The zero-order valence-electron chi connectivity index (χ0n) is 16.6. The van der Waals surface area contributed by atoms with Gasteiger partial charge in [0, 0.05) is 23.6 Å². The number of unbranched alkanes of at least 4 members (excludes halogenated alkanes) is 1. The number of hydrogen-bond donors (Lipinski definition) is 0. The first-order chi connectivity index (χ1) is 14.3. The Hall–Kier alpha value is -1.98. The average Bonchev–Trinajstić information content (AvgIpc) is 2.65. The Balaban J connectivity index is 2.66. The van der Waals surface area contributed by atoms with Crippen LogP contribution in [-0.4, -0.2) is 47.2 Å². The molecule has 1 aliphatic rings. The van der Waals surface area contributed by atoms with Crippen LogP contribution in [0.15, 0.2) is 18.2 Å². The molecule has 0 N–H and O–H groups in total. The van der Waals surface area contributed by atoms with Crippen molar-refractivity contribution in [2.75, 3.05) is 6.54 Å². The fourth-order valence-corrected chi connectivity index (χ4v) is 3.64. The van der Waals surface area contributed by atoms with Gasteiger partial charge in [-0.3, -0.25) is 14.5 Å². The lowest BCUT2D eigenvalue weighted by atomic mass is 9.70. The summed E-state index contributed by atoms with van der Waals surface area (Å²) in [7, 11) is 0. The van der Waals surface area contributed by atoms with E-state index in [2.05, 4.69) is 0 Å². The quantitative estimate of drug-likeness (QED) is 0.330. The van der Waals surface area contributed by atoms with Crippen LogP contribution in [-0.2, 0) is 10.2 Å². The molecular weight excluding hydrogens is 481 g/mol. The van der Waals surface area contributed by atoms with E-state index in [4.69, 9.17) is 11.6 Å². The number of benzene rings is 1. The lowest BCUT2D eigenvalue weighted by Gasteiger charge is -2.43. The summed E-state index contributed by atoms with van der Waals surface area (Å²) < 4.78 is 121. The van der Waals surface area contributed by atoms with E-state index in [1.54, 1.807) is 6.92 Å². The van der Waals surface area contributed by atoms with Crippen LogP contribution in [0.25, 0.3) is 0 Å². The molecule has 2 amide bonds. The van der Waals surface area contributed by atoms with Gasteiger partial charge in [0.2, 0.25) is 5.91 Å². The lowest BCUT2D eigenvalue weighted by molar-refractivity contribution is -0.397. The zero-order valence-corrected chi connectivity index (χ0v) is 17.4. The molecule has 0 bridgehead atoms. The van der Waals surface area contributed by atoms with Crippen molar-refractivity contribution in [3.8, 4) is 0 Å². The molecule has 0 saturated carbocycles. The van der Waals surface area contributed by atoms with Gasteiger partial charge in [-0.2, -0.15) is 39.5 Å². The predicted molar refractivity (Wildman–Crippen MR) is 95.3 cm³/mol. The highest BCUT2D eigenvalue weighted by Gasteiger charge is 2.82. The molecule has 1 heterocycles. The lowest BCUT2D eigenvalue weighted by Crippen LogP contribution is -2.64. The van der Waals surface area contributed by atoms with Crippen LogP contribution in [0.5, 0.6) is 0 Å². The number of rotatable bonds is 7. The van der Waals surface area contributed by atoms with Crippen molar-refractivity contribution in [1.29, 1.82) is 0 Å². The van der Waals surface area contributed by atoms with Gasteiger partial charge >= 0.3 is 23.9 Å². The minimum atomic E-state index is -7.09. The van der Waals surface area contributed by atoms with Crippen LogP contribution < -0.4 is 0 Å². The second kappa shape index (κ2) is 8.11. The summed E-state index contributed by atoms with van der Waals surface area (Å²) in [5.74, 6) is -22.4. The van der Waals surface area contributed by atoms with Crippen molar-refractivity contribution >= 4 is 23.4 Å². The maximum atomic E-state index is 14.5. The predicted octanol–water partition coefficient (Wildman–Crippen LogP) is 6.24. The number of halogens is 10. The van der Waals surface area contributed by atoms with E-state index >= 15 is 0 Å². The van der Waals surface area contributed by atoms with Gasteiger partial charge in [0.15, 0.2) is 0 Å². The highest BCUT2D eigenvalue weighted by atomic mass is 35.5. The molecule has 0 saturated heterocycles. The van der Waals surface area contributed by atoms with Crippen molar-refractivity contribution in [3.05, 3.63) is 34.3 Å². The summed E-state index contributed by atoms with van der Waals surface area (Å²) in [6.07, 6.45) is -8.77. The van der Waals surface area contributed by atoms with Crippen LogP contribution in [0, 0.1) is 0 Å². The summed E-state index contributed by atoms with van der Waals surface area (Å²) >= 11 is 5.77. The number of fused-ring (bicyclic) bond motifs is 1. The second-order valence-corrected chi connectivity index (χ2v) is 8.10. The average molecular weight is 498 g/mol. The van der Waals surface area contributed by atoms with E-state index in [1.807, 2.05) is 0 Å². The van der Waals surface area contributed by atoms with Crippen LogP contribution in [0.4, 0.5) is 39.5 Å². The first-order valence-electron chi connectivity index (χ1n) is 9.21. The van der Waals surface area contributed by atoms with Gasteiger partial charge in [-0.25, -0.2) is 0 Å². The SMILES string of the molecule is CCCCN1C(=O)c2ccc(Cl)cc2C(C)(CC(F)(F)C(F)(F)C(F)(F)C(F)(F)F)C1=O. The van der Waals surface area contributed by atoms with Crippen molar-refractivity contribution in [2.45, 2.75) is 62.5 Å². The Morgan fingerprint density at radius 2 is 1.53 bits per heavy atom. The van der Waals surface area contributed by atoms with Gasteiger partial charge in [0.1, 0.15) is 0 Å². The highest BCUT2D eigenvalue weighted by molar-refractivity contribution is 6.31. The minimum absolute atomic E-state index is 0.201. The molecule has 1 unspecified atom stereocenters. The van der Waals surface area contributed by atoms with Gasteiger partial charge in [-0.05, 0) is 37.1 Å². The third-order valence-corrected chi connectivity index (χ3v) is 5.52. The van der Waals surface area contributed by atoms with Gasteiger partial charge < -0.3 is 0 Å². The van der Waals surface area contributed by atoms with E-state index < -0.39 is 53.2 Å². The normalized spacial score (nSPS) is 20.6. The summed E-state index contributed by atoms with van der Waals surface area (Å²) in [6.45, 7) is 2.04. The van der Waals surface area contributed by atoms with Crippen molar-refractivity contribution in [3.63, 3.8) is 0 Å². The number of imide groups is 1. The summed E-state index contributed by atoms with van der Waals surface area (Å²) in [4.78, 5) is 26.1. The molecule has 2 rings (SSSR count). The maximum Gasteiger partial charge on any atom is 0.460 e. The number of nitrogens with zero attached hydrogens (tertiary/aromatic N) is 1. The largest absolute Gasteiger partial charge is 0.460 e. The molecule has 1 aromatic carbocycles. The first-order valence-corrected chi connectivity index (χ1v) is 9.59. The number of carbonyl (C=O) groups excluding carboxylic acids is 2. The molecule has 0 radical (unpaired) electrons. The number of hydrogen-bond acceptors (Lipinski definition) is 2. The third-order valence-electron chi connectivity index (χ3n) is 5.29. The summed E-state index contributed by atoms with van der Waals surface area (Å²) in [5, 5.41) is -0.201. The van der Waals surface area contributed by atoms with Crippen LogP contribution >= 0.6 is 11.6 Å². The third kappa shape index (κ3) is 3.94. The highest BCUT2D eigenvalue weighted by Crippen LogP contribution is 2.56. The molecule has 180 valence electrons. The van der Waals surface area contributed by atoms with E-state index in [9.17, 15) is 49.1 Å². The van der Waals surface area contributed by atoms with Crippen molar-refractivity contribution in [2.24, 2.45) is 0 Å². The Labute approximate surface area is 181 Å².